The Morgan fingerprint density at radius 1 is 1.30 bits per heavy atom. The zero-order chi connectivity index (χ0) is 14.7. The summed E-state index contributed by atoms with van der Waals surface area (Å²) in [7, 11) is 4.24. The fourth-order valence-electron chi connectivity index (χ4n) is 2.91. The second kappa shape index (κ2) is 6.49. The molecular weight excluding hydrogens is 246 g/mol. The Hall–Kier alpha value is -1.22. The third-order valence-corrected chi connectivity index (χ3v) is 4.27. The van der Waals surface area contributed by atoms with Crippen LogP contribution in [0.5, 0.6) is 0 Å². The van der Waals surface area contributed by atoms with Crippen molar-refractivity contribution in [3.8, 4) is 0 Å². The molecule has 1 aromatic carbocycles. The summed E-state index contributed by atoms with van der Waals surface area (Å²) in [5, 5.41) is 3.68. The molecule has 1 saturated heterocycles. The average Bonchev–Trinajstić information content (AvgIpc) is 2.65. The van der Waals surface area contributed by atoms with Crippen LogP contribution in [0.3, 0.4) is 0 Å². The van der Waals surface area contributed by atoms with Crippen LogP contribution in [0, 0.1) is 12.8 Å². The Morgan fingerprint density at radius 2 is 2.05 bits per heavy atom. The van der Waals surface area contributed by atoms with Crippen molar-refractivity contribution in [1.29, 1.82) is 0 Å². The highest BCUT2D eigenvalue weighted by molar-refractivity contribution is 5.63. The number of anilines is 2. The van der Waals surface area contributed by atoms with Gasteiger partial charge in [-0.3, -0.25) is 0 Å². The molecule has 0 amide bonds. The van der Waals surface area contributed by atoms with Crippen LogP contribution in [0.1, 0.15) is 25.8 Å². The Morgan fingerprint density at radius 3 is 2.70 bits per heavy atom. The van der Waals surface area contributed by atoms with Gasteiger partial charge in [-0.05, 0) is 43.5 Å². The number of hydrogen-bond donors (Lipinski definition) is 1. The molecule has 1 aromatic rings. The summed E-state index contributed by atoms with van der Waals surface area (Å²) in [6, 6.07) is 7.43. The first-order valence-corrected chi connectivity index (χ1v) is 7.75. The van der Waals surface area contributed by atoms with Crippen molar-refractivity contribution >= 4 is 11.4 Å². The van der Waals surface area contributed by atoms with E-state index in [4.69, 9.17) is 0 Å². The zero-order valence-electron chi connectivity index (χ0n) is 13.6. The molecule has 0 saturated carbocycles. The molecule has 1 atom stereocenters. The van der Waals surface area contributed by atoms with E-state index >= 15 is 0 Å². The third-order valence-electron chi connectivity index (χ3n) is 4.27. The second-order valence-electron chi connectivity index (χ2n) is 6.47. The van der Waals surface area contributed by atoms with Crippen LogP contribution in [0.15, 0.2) is 18.2 Å². The molecule has 0 spiro atoms. The van der Waals surface area contributed by atoms with Crippen LogP contribution in [0.25, 0.3) is 0 Å². The molecule has 0 bridgehead atoms. The Balaban J connectivity index is 2.23. The van der Waals surface area contributed by atoms with E-state index in [1.807, 2.05) is 0 Å². The summed E-state index contributed by atoms with van der Waals surface area (Å²) in [5.74, 6) is 0.675. The summed E-state index contributed by atoms with van der Waals surface area (Å²) in [6.45, 7) is 10.2. The third kappa shape index (κ3) is 3.45. The van der Waals surface area contributed by atoms with Crippen molar-refractivity contribution in [1.82, 2.24) is 5.32 Å². The molecule has 1 N–H and O–H groups in total. The maximum Gasteiger partial charge on any atom is 0.0411 e. The van der Waals surface area contributed by atoms with Gasteiger partial charge in [-0.15, -0.1) is 0 Å². The Bertz CT molecular complexity index is 440. The van der Waals surface area contributed by atoms with Crippen molar-refractivity contribution in [3.05, 3.63) is 23.8 Å². The van der Waals surface area contributed by atoms with E-state index in [1.54, 1.807) is 0 Å². The molecule has 1 aliphatic rings. The first-order valence-electron chi connectivity index (χ1n) is 7.75. The van der Waals surface area contributed by atoms with Crippen LogP contribution >= 0.6 is 0 Å². The molecule has 0 aromatic heterocycles. The van der Waals surface area contributed by atoms with Gasteiger partial charge in [0.05, 0.1) is 0 Å². The minimum Gasteiger partial charge on any atom is -0.377 e. The van der Waals surface area contributed by atoms with Gasteiger partial charge in [-0.2, -0.15) is 0 Å². The monoisotopic (exact) mass is 275 g/mol. The molecule has 0 aliphatic carbocycles. The highest BCUT2D eigenvalue weighted by Gasteiger charge is 2.20. The number of aryl methyl sites for hydroxylation is 1. The van der Waals surface area contributed by atoms with Crippen LogP contribution in [-0.4, -0.2) is 39.8 Å². The molecule has 3 heteroatoms. The summed E-state index contributed by atoms with van der Waals surface area (Å²) in [6.07, 6.45) is 1.22. The fourth-order valence-corrected chi connectivity index (χ4v) is 2.91. The van der Waals surface area contributed by atoms with Crippen LogP contribution in [0.2, 0.25) is 0 Å². The highest BCUT2D eigenvalue weighted by Crippen LogP contribution is 2.26. The first-order chi connectivity index (χ1) is 9.49. The molecule has 1 fully saturated rings. The molecule has 3 nitrogen and oxygen atoms in total. The largest absolute Gasteiger partial charge is 0.377 e. The van der Waals surface area contributed by atoms with Gasteiger partial charge in [0.1, 0.15) is 0 Å². The molecular formula is C17H29N3. The lowest BCUT2D eigenvalue weighted by Gasteiger charge is -2.29. The minimum absolute atomic E-state index is 0.585. The maximum absolute atomic E-state index is 3.68. The molecule has 112 valence electrons. The van der Waals surface area contributed by atoms with Gasteiger partial charge in [-0.25, -0.2) is 0 Å². The van der Waals surface area contributed by atoms with Crippen molar-refractivity contribution in [2.24, 2.45) is 5.92 Å². The van der Waals surface area contributed by atoms with Gasteiger partial charge >= 0.3 is 0 Å². The quantitative estimate of drug-likeness (QED) is 0.915. The predicted molar refractivity (Wildman–Crippen MR) is 89.0 cm³/mol. The normalized spacial score (nSPS) is 20.1. The van der Waals surface area contributed by atoms with E-state index in [0.29, 0.717) is 12.0 Å². The summed E-state index contributed by atoms with van der Waals surface area (Å²) < 4.78 is 0. The van der Waals surface area contributed by atoms with Crippen molar-refractivity contribution in [2.75, 3.05) is 43.5 Å². The van der Waals surface area contributed by atoms with E-state index in [-0.39, 0.29) is 0 Å². The molecule has 0 radical (unpaired) electrons. The number of hydrogen-bond acceptors (Lipinski definition) is 3. The van der Waals surface area contributed by atoms with Crippen LogP contribution < -0.4 is 15.1 Å². The smallest absolute Gasteiger partial charge is 0.0411 e. The summed E-state index contributed by atoms with van der Waals surface area (Å²) >= 11 is 0. The topological polar surface area (TPSA) is 18.5 Å². The van der Waals surface area contributed by atoms with Gasteiger partial charge < -0.3 is 15.1 Å². The number of rotatable bonds is 3. The van der Waals surface area contributed by atoms with E-state index in [0.717, 1.165) is 19.6 Å². The number of benzene rings is 1. The summed E-state index contributed by atoms with van der Waals surface area (Å²) in [4.78, 5) is 4.74. The molecule has 1 unspecified atom stereocenters. The Kier molecular flexibility index (Phi) is 4.92. The first kappa shape index (κ1) is 15.2. The van der Waals surface area contributed by atoms with E-state index < -0.39 is 0 Å². The summed E-state index contributed by atoms with van der Waals surface area (Å²) in [5.41, 5.74) is 4.02. The van der Waals surface area contributed by atoms with Crippen molar-refractivity contribution in [2.45, 2.75) is 33.2 Å². The van der Waals surface area contributed by atoms with E-state index in [2.05, 4.69) is 68.2 Å². The van der Waals surface area contributed by atoms with Gasteiger partial charge in [0.15, 0.2) is 0 Å². The fraction of sp³-hybridized carbons (Fsp3) is 0.647. The molecule has 1 aliphatic heterocycles. The molecule has 1 heterocycles. The van der Waals surface area contributed by atoms with Gasteiger partial charge in [0, 0.05) is 44.6 Å². The maximum atomic E-state index is 3.68. The zero-order valence-corrected chi connectivity index (χ0v) is 13.6. The number of nitrogens with zero attached hydrogens (tertiary/aromatic N) is 2. The second-order valence-corrected chi connectivity index (χ2v) is 6.47. The van der Waals surface area contributed by atoms with Crippen molar-refractivity contribution in [3.63, 3.8) is 0 Å². The lowest BCUT2D eigenvalue weighted by molar-refractivity contribution is 0.420. The number of nitrogens with one attached hydrogen (secondary N) is 1. The molecule has 20 heavy (non-hydrogen) atoms. The predicted octanol–water partition coefficient (Wildman–Crippen LogP) is 2.89. The van der Waals surface area contributed by atoms with E-state index in [9.17, 15) is 0 Å². The lowest BCUT2D eigenvalue weighted by atomic mass is 10.0. The van der Waals surface area contributed by atoms with Crippen LogP contribution in [0.4, 0.5) is 11.4 Å². The minimum atomic E-state index is 0.585. The van der Waals surface area contributed by atoms with Gasteiger partial charge in [0.25, 0.3) is 0 Å². The van der Waals surface area contributed by atoms with Crippen LogP contribution in [-0.2, 0) is 0 Å². The average molecular weight is 275 g/mol. The standard InChI is InChI=1S/C17H29N3/c1-13(2)16-12-20(10-6-9-18-16)15-8-7-14(3)17(11-15)19(4)5/h7-8,11,13,16,18H,6,9-10,12H2,1-5H3. The SMILES string of the molecule is Cc1ccc(N2CCCNC(C(C)C)C2)cc1N(C)C. The highest BCUT2D eigenvalue weighted by atomic mass is 15.2. The lowest BCUT2D eigenvalue weighted by Crippen LogP contribution is -2.41. The van der Waals surface area contributed by atoms with Gasteiger partial charge in [-0.1, -0.05) is 19.9 Å². The van der Waals surface area contributed by atoms with Gasteiger partial charge in [0.2, 0.25) is 0 Å². The van der Waals surface area contributed by atoms with E-state index in [1.165, 1.54) is 23.4 Å². The molecule has 2 rings (SSSR count). The van der Waals surface area contributed by atoms with Crippen molar-refractivity contribution < 1.29 is 0 Å². The Labute approximate surface area is 124 Å².